The molecule has 0 radical (unpaired) electrons. The number of fused-ring (bicyclic) bond motifs is 1. The number of pyridine rings is 1. The van der Waals surface area contributed by atoms with Gasteiger partial charge in [-0.05, 0) is 83.2 Å². The average Bonchev–Trinajstić information content (AvgIpc) is 3.40. The number of methoxy groups -OCH3 is 1. The standard InChI is InChI=1S/C28H24BrN5O4/c1-37-28(36)22-12-18(14-30)13-23-25(22)38-27(33-23)20-4-2-19(3-5-20)26(35)32-15-17-8-10-34(11-9-17)24-7-6-21(29)16-31-24/h2-7,12-13,16-17H,8-11,15H2,1H3,(H,32,35). The molecule has 1 amide bonds. The number of amides is 1. The molecule has 1 aliphatic rings. The van der Waals surface area contributed by atoms with Crippen molar-refractivity contribution < 1.29 is 18.7 Å². The van der Waals surface area contributed by atoms with Crippen molar-refractivity contribution in [3.63, 3.8) is 0 Å². The summed E-state index contributed by atoms with van der Waals surface area (Å²) in [5.41, 5.74) is 2.21. The van der Waals surface area contributed by atoms with Crippen LogP contribution in [-0.4, -0.2) is 48.6 Å². The van der Waals surface area contributed by atoms with Gasteiger partial charge in [0.15, 0.2) is 5.58 Å². The van der Waals surface area contributed by atoms with Crippen LogP contribution in [0.15, 0.2) is 63.6 Å². The number of carbonyl (C=O) groups excluding carboxylic acids is 2. The number of aromatic nitrogens is 2. The number of hydrogen-bond donors (Lipinski definition) is 1. The van der Waals surface area contributed by atoms with E-state index >= 15 is 0 Å². The topological polar surface area (TPSA) is 121 Å². The van der Waals surface area contributed by atoms with E-state index in [4.69, 9.17) is 9.15 Å². The highest BCUT2D eigenvalue weighted by Gasteiger charge is 2.22. The molecule has 38 heavy (non-hydrogen) atoms. The van der Waals surface area contributed by atoms with Gasteiger partial charge in [-0.2, -0.15) is 5.26 Å². The lowest BCUT2D eigenvalue weighted by Gasteiger charge is -2.32. The van der Waals surface area contributed by atoms with Crippen molar-refractivity contribution in [2.45, 2.75) is 12.8 Å². The van der Waals surface area contributed by atoms with Crippen LogP contribution >= 0.6 is 15.9 Å². The molecular formula is C28H24BrN5O4. The van der Waals surface area contributed by atoms with Crippen molar-refractivity contribution in [3.05, 3.63) is 75.9 Å². The van der Waals surface area contributed by atoms with Crippen molar-refractivity contribution in [2.24, 2.45) is 5.92 Å². The number of nitriles is 1. The minimum absolute atomic E-state index is 0.134. The van der Waals surface area contributed by atoms with Crippen LogP contribution in [0.2, 0.25) is 0 Å². The number of nitrogens with one attached hydrogen (secondary N) is 1. The van der Waals surface area contributed by atoms with Gasteiger partial charge in [-0.1, -0.05) is 0 Å². The largest absolute Gasteiger partial charge is 0.465 e. The van der Waals surface area contributed by atoms with Crippen LogP contribution in [0, 0.1) is 17.2 Å². The van der Waals surface area contributed by atoms with Crippen LogP contribution in [0.3, 0.4) is 0 Å². The van der Waals surface area contributed by atoms with Crippen molar-refractivity contribution in [2.75, 3.05) is 31.6 Å². The quantitative estimate of drug-likeness (QED) is 0.321. The van der Waals surface area contributed by atoms with E-state index in [-0.39, 0.29) is 28.5 Å². The van der Waals surface area contributed by atoms with Crippen LogP contribution in [0.4, 0.5) is 5.82 Å². The number of carbonyl (C=O) groups is 2. The number of anilines is 1. The zero-order chi connectivity index (χ0) is 26.6. The van der Waals surface area contributed by atoms with Crippen molar-refractivity contribution >= 4 is 44.7 Å². The summed E-state index contributed by atoms with van der Waals surface area (Å²) < 4.78 is 11.6. The summed E-state index contributed by atoms with van der Waals surface area (Å²) in [4.78, 5) is 36.1. The molecule has 2 aromatic heterocycles. The molecule has 4 aromatic rings. The Hall–Kier alpha value is -4.23. The van der Waals surface area contributed by atoms with Crippen LogP contribution in [-0.2, 0) is 4.74 Å². The Morgan fingerprint density at radius 2 is 1.95 bits per heavy atom. The third-order valence-electron chi connectivity index (χ3n) is 6.62. The smallest absolute Gasteiger partial charge is 0.341 e. The van der Waals surface area contributed by atoms with Crippen LogP contribution in [0.25, 0.3) is 22.6 Å². The number of hydrogen-bond acceptors (Lipinski definition) is 8. The highest BCUT2D eigenvalue weighted by molar-refractivity contribution is 9.10. The van der Waals surface area contributed by atoms with Gasteiger partial charge in [-0.15, -0.1) is 0 Å². The van der Waals surface area contributed by atoms with E-state index in [0.29, 0.717) is 29.1 Å². The lowest BCUT2D eigenvalue weighted by Crippen LogP contribution is -2.39. The second-order valence-electron chi connectivity index (χ2n) is 9.05. The minimum atomic E-state index is -0.613. The summed E-state index contributed by atoms with van der Waals surface area (Å²) >= 11 is 3.42. The number of oxazole rings is 1. The molecule has 0 aliphatic carbocycles. The third kappa shape index (κ3) is 5.38. The Labute approximate surface area is 227 Å². The first-order valence-electron chi connectivity index (χ1n) is 12.1. The summed E-state index contributed by atoms with van der Waals surface area (Å²) in [6.07, 6.45) is 3.77. The number of nitrogens with zero attached hydrogens (tertiary/aromatic N) is 4. The first-order valence-corrected chi connectivity index (χ1v) is 12.9. The molecule has 1 fully saturated rings. The Morgan fingerprint density at radius 3 is 2.61 bits per heavy atom. The lowest BCUT2D eigenvalue weighted by atomic mass is 9.96. The molecule has 0 atom stereocenters. The Morgan fingerprint density at radius 1 is 1.18 bits per heavy atom. The van der Waals surface area contributed by atoms with E-state index in [2.05, 4.69) is 36.1 Å². The first kappa shape index (κ1) is 25.4. The SMILES string of the molecule is COC(=O)c1cc(C#N)cc2nc(-c3ccc(C(=O)NCC4CCN(c5ccc(Br)cn5)CC4)cc3)oc12. The molecular weight excluding hydrogens is 550 g/mol. The normalized spacial score (nSPS) is 13.8. The van der Waals surface area contributed by atoms with Gasteiger partial charge in [-0.25, -0.2) is 14.8 Å². The summed E-state index contributed by atoms with van der Waals surface area (Å²) in [5, 5.41) is 12.3. The first-order chi connectivity index (χ1) is 18.4. The second-order valence-corrected chi connectivity index (χ2v) is 9.96. The number of benzene rings is 2. The zero-order valence-electron chi connectivity index (χ0n) is 20.6. The van der Waals surface area contributed by atoms with Gasteiger partial charge in [0.25, 0.3) is 5.91 Å². The van der Waals surface area contributed by atoms with Crippen LogP contribution in [0.5, 0.6) is 0 Å². The van der Waals surface area contributed by atoms with E-state index in [9.17, 15) is 14.9 Å². The fourth-order valence-electron chi connectivity index (χ4n) is 4.51. The summed E-state index contributed by atoms with van der Waals surface area (Å²) in [6.45, 7) is 2.43. The Kier molecular flexibility index (Phi) is 7.38. The van der Waals surface area contributed by atoms with E-state index in [1.807, 2.05) is 18.2 Å². The lowest BCUT2D eigenvalue weighted by molar-refractivity contribution is 0.0601. The molecule has 0 saturated carbocycles. The Balaban J connectivity index is 1.21. The maximum Gasteiger partial charge on any atom is 0.341 e. The Bertz CT molecular complexity index is 1520. The molecule has 0 spiro atoms. The number of esters is 1. The van der Waals surface area contributed by atoms with Crippen LogP contribution in [0.1, 0.15) is 39.1 Å². The fourth-order valence-corrected chi connectivity index (χ4v) is 4.74. The molecule has 2 aromatic carbocycles. The minimum Gasteiger partial charge on any atom is -0.465 e. The maximum atomic E-state index is 12.8. The molecule has 0 unspecified atom stereocenters. The monoisotopic (exact) mass is 573 g/mol. The van der Waals surface area contributed by atoms with E-state index in [1.54, 1.807) is 36.5 Å². The zero-order valence-corrected chi connectivity index (χ0v) is 22.2. The highest BCUT2D eigenvalue weighted by atomic mass is 79.9. The van der Waals surface area contributed by atoms with Gasteiger partial charge in [0, 0.05) is 41.4 Å². The molecule has 192 valence electrons. The molecule has 1 N–H and O–H groups in total. The average molecular weight is 574 g/mol. The maximum absolute atomic E-state index is 12.8. The summed E-state index contributed by atoms with van der Waals surface area (Å²) in [5.74, 6) is 0.906. The van der Waals surface area contributed by atoms with Crippen LogP contribution < -0.4 is 10.2 Å². The summed E-state index contributed by atoms with van der Waals surface area (Å²) in [6, 6.07) is 15.9. The molecule has 5 rings (SSSR count). The molecule has 1 aliphatic heterocycles. The van der Waals surface area contributed by atoms with E-state index in [1.165, 1.54) is 13.2 Å². The summed E-state index contributed by atoms with van der Waals surface area (Å²) in [7, 11) is 1.26. The van der Waals surface area contributed by atoms with Crippen molar-refractivity contribution in [1.29, 1.82) is 5.26 Å². The van der Waals surface area contributed by atoms with Gasteiger partial charge in [-0.3, -0.25) is 4.79 Å². The van der Waals surface area contributed by atoms with E-state index in [0.717, 1.165) is 36.2 Å². The number of piperidine rings is 1. The number of rotatable bonds is 6. The predicted molar refractivity (Wildman–Crippen MR) is 145 cm³/mol. The molecule has 10 heteroatoms. The molecule has 0 bridgehead atoms. The molecule has 1 saturated heterocycles. The highest BCUT2D eigenvalue weighted by Crippen LogP contribution is 2.29. The van der Waals surface area contributed by atoms with Gasteiger partial charge < -0.3 is 19.4 Å². The molecule has 3 heterocycles. The van der Waals surface area contributed by atoms with Gasteiger partial charge >= 0.3 is 5.97 Å². The number of halogens is 1. The van der Waals surface area contributed by atoms with Crippen molar-refractivity contribution in [1.82, 2.24) is 15.3 Å². The van der Waals surface area contributed by atoms with Crippen molar-refractivity contribution in [3.8, 4) is 17.5 Å². The fraction of sp³-hybridized carbons (Fsp3) is 0.250. The van der Waals surface area contributed by atoms with E-state index < -0.39 is 5.97 Å². The van der Waals surface area contributed by atoms with Gasteiger partial charge in [0.2, 0.25) is 5.89 Å². The van der Waals surface area contributed by atoms with Gasteiger partial charge in [0.05, 0.1) is 18.7 Å². The second kappa shape index (κ2) is 11.0. The number of ether oxygens (including phenoxy) is 1. The third-order valence-corrected chi connectivity index (χ3v) is 7.09. The predicted octanol–water partition coefficient (Wildman–Crippen LogP) is 4.96. The van der Waals surface area contributed by atoms with Gasteiger partial charge in [0.1, 0.15) is 16.9 Å². The molecule has 9 nitrogen and oxygen atoms in total.